The molecular formula is C10H14BrFN2O. The molecule has 0 aromatic carbocycles. The highest BCUT2D eigenvalue weighted by molar-refractivity contribution is 9.10. The van der Waals surface area contributed by atoms with Crippen molar-refractivity contribution in [3.05, 3.63) is 28.2 Å². The third-order valence-corrected chi connectivity index (χ3v) is 2.35. The van der Waals surface area contributed by atoms with Gasteiger partial charge in [0, 0.05) is 30.4 Å². The summed E-state index contributed by atoms with van der Waals surface area (Å²) in [6.07, 6.45) is 1.58. The molecule has 0 aliphatic rings. The fourth-order valence-electron chi connectivity index (χ4n) is 1.15. The van der Waals surface area contributed by atoms with Crippen molar-refractivity contribution in [1.29, 1.82) is 0 Å². The molecule has 1 aromatic rings. The van der Waals surface area contributed by atoms with Gasteiger partial charge in [0.05, 0.1) is 12.3 Å². The fraction of sp³-hybridized carbons (Fsp3) is 0.500. The lowest BCUT2D eigenvalue weighted by Gasteiger charge is -2.12. The van der Waals surface area contributed by atoms with E-state index in [-0.39, 0.29) is 11.9 Å². The molecule has 0 aliphatic carbocycles. The van der Waals surface area contributed by atoms with Gasteiger partial charge in [-0.15, -0.1) is 0 Å². The molecule has 3 nitrogen and oxygen atoms in total. The normalized spacial score (nSPS) is 12.8. The van der Waals surface area contributed by atoms with Crippen molar-refractivity contribution < 1.29 is 9.13 Å². The summed E-state index contributed by atoms with van der Waals surface area (Å²) in [5.74, 6) is -0.304. The highest BCUT2D eigenvalue weighted by atomic mass is 79.9. The standard InChI is InChI=1S/C10H14BrFN2O/c1-7(6-15-2)13-5-10-9(12)3-8(11)4-14-10/h3-4,7,13H,5-6H2,1-2H3/t7-/m1/s1. The van der Waals surface area contributed by atoms with Crippen molar-refractivity contribution in [1.82, 2.24) is 10.3 Å². The van der Waals surface area contributed by atoms with Crippen LogP contribution < -0.4 is 5.32 Å². The van der Waals surface area contributed by atoms with Gasteiger partial charge in [0.2, 0.25) is 0 Å². The Bertz CT molecular complexity index is 322. The van der Waals surface area contributed by atoms with Gasteiger partial charge in [-0.25, -0.2) is 4.39 Å². The van der Waals surface area contributed by atoms with E-state index in [0.29, 0.717) is 23.3 Å². The Morgan fingerprint density at radius 1 is 1.67 bits per heavy atom. The minimum Gasteiger partial charge on any atom is -0.383 e. The van der Waals surface area contributed by atoms with Crippen molar-refractivity contribution in [2.24, 2.45) is 0 Å². The zero-order valence-corrected chi connectivity index (χ0v) is 10.3. The largest absolute Gasteiger partial charge is 0.383 e. The third-order valence-electron chi connectivity index (χ3n) is 1.92. The second-order valence-electron chi connectivity index (χ2n) is 3.32. The van der Waals surface area contributed by atoms with Crippen LogP contribution in [0.25, 0.3) is 0 Å². The van der Waals surface area contributed by atoms with Gasteiger partial charge < -0.3 is 10.1 Å². The Hall–Kier alpha value is -0.520. The minimum absolute atomic E-state index is 0.180. The van der Waals surface area contributed by atoms with Crippen LogP contribution in [0.2, 0.25) is 0 Å². The van der Waals surface area contributed by atoms with Gasteiger partial charge in [0.1, 0.15) is 5.82 Å². The molecular weight excluding hydrogens is 263 g/mol. The number of aromatic nitrogens is 1. The molecule has 1 atom stereocenters. The molecule has 5 heteroatoms. The molecule has 15 heavy (non-hydrogen) atoms. The zero-order chi connectivity index (χ0) is 11.3. The molecule has 1 N–H and O–H groups in total. The zero-order valence-electron chi connectivity index (χ0n) is 8.76. The summed E-state index contributed by atoms with van der Waals surface area (Å²) < 4.78 is 18.9. The maximum absolute atomic E-state index is 13.3. The molecule has 84 valence electrons. The van der Waals surface area contributed by atoms with Crippen molar-refractivity contribution >= 4 is 15.9 Å². The number of rotatable bonds is 5. The summed E-state index contributed by atoms with van der Waals surface area (Å²) in [7, 11) is 1.64. The van der Waals surface area contributed by atoms with Crippen LogP contribution in [0, 0.1) is 5.82 Å². The molecule has 1 aromatic heterocycles. The molecule has 0 unspecified atom stereocenters. The molecule has 1 heterocycles. The monoisotopic (exact) mass is 276 g/mol. The molecule has 0 bridgehead atoms. The molecule has 0 radical (unpaired) electrons. The van der Waals surface area contributed by atoms with Crippen molar-refractivity contribution in [2.45, 2.75) is 19.5 Å². The van der Waals surface area contributed by atoms with E-state index in [1.165, 1.54) is 6.07 Å². The first-order valence-electron chi connectivity index (χ1n) is 4.65. The molecule has 0 saturated heterocycles. The number of methoxy groups -OCH3 is 1. The SMILES string of the molecule is COC[C@@H](C)NCc1ncc(Br)cc1F. The van der Waals surface area contributed by atoms with E-state index in [0.717, 1.165) is 0 Å². The average Bonchev–Trinajstić information content (AvgIpc) is 2.17. The summed E-state index contributed by atoms with van der Waals surface area (Å²) in [6.45, 7) is 2.97. The first kappa shape index (κ1) is 12.5. The second kappa shape index (κ2) is 6.15. The van der Waals surface area contributed by atoms with Gasteiger partial charge in [0.25, 0.3) is 0 Å². The van der Waals surface area contributed by atoms with E-state index < -0.39 is 0 Å². The van der Waals surface area contributed by atoms with Gasteiger partial charge in [-0.05, 0) is 28.9 Å². The fourth-order valence-corrected chi connectivity index (χ4v) is 1.46. The van der Waals surface area contributed by atoms with Gasteiger partial charge in [-0.3, -0.25) is 4.98 Å². The van der Waals surface area contributed by atoms with E-state index in [4.69, 9.17) is 4.74 Å². The van der Waals surface area contributed by atoms with Crippen LogP contribution in [-0.2, 0) is 11.3 Å². The first-order valence-corrected chi connectivity index (χ1v) is 5.45. The smallest absolute Gasteiger partial charge is 0.147 e. The summed E-state index contributed by atoms with van der Waals surface area (Å²) in [6, 6.07) is 1.59. The predicted molar refractivity (Wildman–Crippen MR) is 60.1 cm³/mol. The van der Waals surface area contributed by atoms with Gasteiger partial charge >= 0.3 is 0 Å². The Balaban J connectivity index is 2.50. The van der Waals surface area contributed by atoms with Crippen molar-refractivity contribution in [2.75, 3.05) is 13.7 Å². The van der Waals surface area contributed by atoms with E-state index in [9.17, 15) is 4.39 Å². The number of hydrogen-bond acceptors (Lipinski definition) is 3. The van der Waals surface area contributed by atoms with E-state index in [2.05, 4.69) is 26.2 Å². The van der Waals surface area contributed by atoms with Crippen LogP contribution in [0.15, 0.2) is 16.7 Å². The number of halogens is 2. The number of ether oxygens (including phenoxy) is 1. The molecule has 0 aliphatic heterocycles. The van der Waals surface area contributed by atoms with Gasteiger partial charge in [-0.2, -0.15) is 0 Å². The summed E-state index contributed by atoms with van der Waals surface area (Å²) >= 11 is 3.16. The quantitative estimate of drug-likeness (QED) is 0.895. The van der Waals surface area contributed by atoms with Crippen molar-refractivity contribution in [3.8, 4) is 0 Å². The maximum Gasteiger partial charge on any atom is 0.147 e. The summed E-state index contributed by atoms with van der Waals surface area (Å²) in [5, 5.41) is 3.12. The minimum atomic E-state index is -0.304. The van der Waals surface area contributed by atoms with Crippen LogP contribution in [-0.4, -0.2) is 24.7 Å². The van der Waals surface area contributed by atoms with Gasteiger partial charge in [-0.1, -0.05) is 0 Å². The molecule has 0 saturated carbocycles. The van der Waals surface area contributed by atoms with Crippen LogP contribution in [0.4, 0.5) is 4.39 Å². The Labute approximate surface area is 97.2 Å². The lowest BCUT2D eigenvalue weighted by molar-refractivity contribution is 0.171. The number of hydrogen-bond donors (Lipinski definition) is 1. The molecule has 1 rings (SSSR count). The topological polar surface area (TPSA) is 34.1 Å². The van der Waals surface area contributed by atoms with Crippen molar-refractivity contribution in [3.63, 3.8) is 0 Å². The third kappa shape index (κ3) is 4.24. The highest BCUT2D eigenvalue weighted by Gasteiger charge is 2.06. The summed E-state index contributed by atoms with van der Waals surface area (Å²) in [4.78, 5) is 3.98. The first-order chi connectivity index (χ1) is 7.13. The van der Waals surface area contributed by atoms with Crippen LogP contribution in [0.3, 0.4) is 0 Å². The number of nitrogens with zero attached hydrogens (tertiary/aromatic N) is 1. The van der Waals surface area contributed by atoms with Crippen LogP contribution >= 0.6 is 15.9 Å². The van der Waals surface area contributed by atoms with Gasteiger partial charge in [0.15, 0.2) is 0 Å². The maximum atomic E-state index is 13.3. The van der Waals surface area contributed by atoms with Crippen LogP contribution in [0.5, 0.6) is 0 Å². The van der Waals surface area contributed by atoms with E-state index >= 15 is 0 Å². The lowest BCUT2D eigenvalue weighted by atomic mass is 10.3. The molecule has 0 fully saturated rings. The van der Waals surface area contributed by atoms with Crippen LogP contribution in [0.1, 0.15) is 12.6 Å². The average molecular weight is 277 g/mol. The van der Waals surface area contributed by atoms with E-state index in [1.807, 2.05) is 6.92 Å². The highest BCUT2D eigenvalue weighted by Crippen LogP contribution is 2.12. The summed E-state index contributed by atoms with van der Waals surface area (Å²) in [5.41, 5.74) is 0.418. The second-order valence-corrected chi connectivity index (χ2v) is 4.24. The van der Waals surface area contributed by atoms with E-state index in [1.54, 1.807) is 13.3 Å². The predicted octanol–water partition coefficient (Wildman–Crippen LogP) is 2.11. The Morgan fingerprint density at radius 3 is 3.00 bits per heavy atom. The molecule has 0 amide bonds. The lowest BCUT2D eigenvalue weighted by Crippen LogP contribution is -2.30. The molecule has 0 spiro atoms. The Kier molecular flexibility index (Phi) is 5.14. The number of nitrogens with one attached hydrogen (secondary N) is 1. The number of pyridine rings is 1. The Morgan fingerprint density at radius 2 is 2.40 bits per heavy atom.